The van der Waals surface area contributed by atoms with Crippen molar-refractivity contribution in [2.24, 2.45) is 0 Å². The van der Waals surface area contributed by atoms with Crippen LogP contribution in [0.25, 0.3) is 0 Å². The Balaban J connectivity index is 3.07. The Morgan fingerprint density at radius 3 is 1.71 bits per heavy atom. The predicted molar refractivity (Wildman–Crippen MR) is 58.7 cm³/mol. The summed E-state index contributed by atoms with van der Waals surface area (Å²) in [5.74, 6) is -0.0914. The molecule has 14 heavy (non-hydrogen) atoms. The second-order valence-corrected chi connectivity index (χ2v) is 5.19. The molecule has 0 amide bonds. The number of hydrogen-bond acceptors (Lipinski definition) is 2. The number of rotatable bonds is 9. The monoisotopic (exact) mass is 221 g/mol. The maximum Gasteiger partial charge on any atom is 0.264 e. The number of hydrogen-bond donors (Lipinski definition) is 1. The van der Waals surface area contributed by atoms with Gasteiger partial charge in [-0.2, -0.15) is 8.42 Å². The molecule has 3 nitrogen and oxygen atoms in total. The van der Waals surface area contributed by atoms with Gasteiger partial charge in [0.05, 0.1) is 5.75 Å². The molecule has 85 valence electrons. The van der Waals surface area contributed by atoms with Gasteiger partial charge in [0.1, 0.15) is 0 Å². The van der Waals surface area contributed by atoms with Crippen molar-refractivity contribution in [2.75, 3.05) is 5.75 Å². The minimum atomic E-state index is -3.73. The van der Waals surface area contributed by atoms with Crippen LogP contribution in [-0.4, -0.2) is 18.7 Å². The van der Waals surface area contributed by atoms with E-state index in [-0.39, 0.29) is 5.75 Å². The third kappa shape index (κ3) is 11.9. The van der Waals surface area contributed by atoms with Gasteiger partial charge in [-0.15, -0.1) is 0 Å². The molecule has 0 aliphatic carbocycles. The van der Waals surface area contributed by atoms with Crippen LogP contribution in [-0.2, 0) is 10.1 Å². The van der Waals surface area contributed by atoms with Gasteiger partial charge in [-0.05, 0) is 6.42 Å². The van der Waals surface area contributed by atoms with E-state index < -0.39 is 10.1 Å². The van der Waals surface area contributed by atoms with Crippen LogP contribution in [0.15, 0.2) is 0 Å². The molecule has 0 bridgehead atoms. The SMILES string of the molecule is [CH2]CCCCCCCCCS(=O)(=O)O. The van der Waals surface area contributed by atoms with Crippen molar-refractivity contribution in [3.63, 3.8) is 0 Å². The molecule has 0 fully saturated rings. The van der Waals surface area contributed by atoms with Crippen molar-refractivity contribution in [2.45, 2.75) is 51.4 Å². The van der Waals surface area contributed by atoms with E-state index in [2.05, 4.69) is 6.92 Å². The molecular formula is C10H21O3S. The zero-order chi connectivity index (χ0) is 10.9. The molecule has 4 heteroatoms. The standard InChI is InChI=1S/C10H21O3S/c1-2-3-4-5-6-7-8-9-10-14(11,12)13/h1-10H2,(H,11,12,13). The van der Waals surface area contributed by atoms with E-state index in [1.807, 2.05) is 0 Å². The van der Waals surface area contributed by atoms with E-state index in [0.29, 0.717) is 6.42 Å². The smallest absolute Gasteiger partial charge is 0.264 e. The fraction of sp³-hybridized carbons (Fsp3) is 0.900. The van der Waals surface area contributed by atoms with E-state index in [1.165, 1.54) is 19.3 Å². The summed E-state index contributed by atoms with van der Waals surface area (Å²) in [6, 6.07) is 0. The normalized spacial score (nSPS) is 11.9. The van der Waals surface area contributed by atoms with E-state index in [1.54, 1.807) is 0 Å². The zero-order valence-corrected chi connectivity index (χ0v) is 9.56. The first-order valence-corrected chi connectivity index (χ1v) is 6.91. The second-order valence-electron chi connectivity index (χ2n) is 3.61. The van der Waals surface area contributed by atoms with Crippen LogP contribution < -0.4 is 0 Å². The molecule has 0 saturated heterocycles. The number of unbranched alkanes of at least 4 members (excludes halogenated alkanes) is 7. The first-order valence-electron chi connectivity index (χ1n) is 5.30. The van der Waals surface area contributed by atoms with Gasteiger partial charge < -0.3 is 0 Å². The van der Waals surface area contributed by atoms with Crippen molar-refractivity contribution >= 4 is 10.1 Å². The van der Waals surface area contributed by atoms with Gasteiger partial charge in [-0.3, -0.25) is 4.55 Å². The van der Waals surface area contributed by atoms with Crippen molar-refractivity contribution in [3.05, 3.63) is 6.92 Å². The van der Waals surface area contributed by atoms with Crippen molar-refractivity contribution in [1.82, 2.24) is 0 Å². The average molecular weight is 221 g/mol. The minimum absolute atomic E-state index is 0.0914. The molecule has 0 atom stereocenters. The van der Waals surface area contributed by atoms with Crippen LogP contribution in [0, 0.1) is 6.92 Å². The molecular weight excluding hydrogens is 200 g/mol. The van der Waals surface area contributed by atoms with E-state index in [0.717, 1.165) is 25.7 Å². The first kappa shape index (κ1) is 13.9. The largest absolute Gasteiger partial charge is 0.286 e. The van der Waals surface area contributed by atoms with E-state index in [9.17, 15) is 8.42 Å². The summed E-state index contributed by atoms with van der Waals surface area (Å²) in [6.07, 6.45) is 8.31. The first-order chi connectivity index (χ1) is 6.56. The molecule has 0 aliphatic rings. The predicted octanol–water partition coefficient (Wildman–Crippen LogP) is 2.83. The summed E-state index contributed by atoms with van der Waals surface area (Å²) in [5, 5.41) is 0. The summed E-state index contributed by atoms with van der Waals surface area (Å²) >= 11 is 0. The second kappa shape index (κ2) is 8.24. The lowest BCUT2D eigenvalue weighted by atomic mass is 10.1. The lowest BCUT2D eigenvalue weighted by molar-refractivity contribution is 0.478. The third-order valence-electron chi connectivity index (χ3n) is 2.15. The Bertz CT molecular complexity index is 209. The van der Waals surface area contributed by atoms with Gasteiger partial charge in [0, 0.05) is 0 Å². The van der Waals surface area contributed by atoms with Gasteiger partial charge >= 0.3 is 0 Å². The molecule has 0 aliphatic heterocycles. The molecule has 0 saturated carbocycles. The zero-order valence-electron chi connectivity index (χ0n) is 8.74. The molecule has 1 radical (unpaired) electrons. The fourth-order valence-electron chi connectivity index (χ4n) is 1.35. The molecule has 0 aromatic carbocycles. The topological polar surface area (TPSA) is 54.4 Å². The lowest BCUT2D eigenvalue weighted by Gasteiger charge is -2.00. The van der Waals surface area contributed by atoms with Crippen molar-refractivity contribution < 1.29 is 13.0 Å². The van der Waals surface area contributed by atoms with E-state index in [4.69, 9.17) is 4.55 Å². The summed E-state index contributed by atoms with van der Waals surface area (Å²) in [7, 11) is -3.73. The maximum absolute atomic E-state index is 10.4. The van der Waals surface area contributed by atoms with Gasteiger partial charge in [0.25, 0.3) is 10.1 Å². The summed E-state index contributed by atoms with van der Waals surface area (Å²) in [5.41, 5.74) is 0. The lowest BCUT2D eigenvalue weighted by Crippen LogP contribution is -2.03. The average Bonchev–Trinajstić information content (AvgIpc) is 2.08. The maximum atomic E-state index is 10.4. The van der Waals surface area contributed by atoms with Crippen LogP contribution in [0.3, 0.4) is 0 Å². The summed E-state index contributed by atoms with van der Waals surface area (Å²) in [6.45, 7) is 3.77. The van der Waals surface area contributed by atoms with Crippen LogP contribution in [0.1, 0.15) is 51.4 Å². The molecule has 0 heterocycles. The Morgan fingerprint density at radius 2 is 1.29 bits per heavy atom. The summed E-state index contributed by atoms with van der Waals surface area (Å²) < 4.78 is 29.2. The van der Waals surface area contributed by atoms with Crippen molar-refractivity contribution in [3.8, 4) is 0 Å². The molecule has 0 aromatic heterocycles. The molecule has 0 spiro atoms. The molecule has 0 aromatic rings. The van der Waals surface area contributed by atoms with Gasteiger partial charge in [0.15, 0.2) is 0 Å². The molecule has 1 N–H and O–H groups in total. The van der Waals surface area contributed by atoms with Crippen LogP contribution in [0.2, 0.25) is 0 Å². The fourth-order valence-corrected chi connectivity index (χ4v) is 1.91. The highest BCUT2D eigenvalue weighted by Crippen LogP contribution is 2.08. The van der Waals surface area contributed by atoms with Gasteiger partial charge in [-0.25, -0.2) is 0 Å². The van der Waals surface area contributed by atoms with Gasteiger partial charge in [0.2, 0.25) is 0 Å². The highest BCUT2D eigenvalue weighted by molar-refractivity contribution is 7.85. The van der Waals surface area contributed by atoms with Crippen LogP contribution >= 0.6 is 0 Å². The van der Waals surface area contributed by atoms with Gasteiger partial charge in [-0.1, -0.05) is 51.9 Å². The van der Waals surface area contributed by atoms with Crippen LogP contribution in [0.4, 0.5) is 0 Å². The highest BCUT2D eigenvalue weighted by Gasteiger charge is 2.02. The van der Waals surface area contributed by atoms with Crippen LogP contribution in [0.5, 0.6) is 0 Å². The molecule has 0 rings (SSSR count). The summed E-state index contributed by atoms with van der Waals surface area (Å²) in [4.78, 5) is 0. The Kier molecular flexibility index (Phi) is 8.18. The highest BCUT2D eigenvalue weighted by atomic mass is 32.2. The van der Waals surface area contributed by atoms with Crippen molar-refractivity contribution in [1.29, 1.82) is 0 Å². The quantitative estimate of drug-likeness (QED) is 0.481. The molecule has 0 unspecified atom stereocenters. The minimum Gasteiger partial charge on any atom is -0.286 e. The Labute approximate surface area is 87.7 Å². The Morgan fingerprint density at radius 1 is 0.857 bits per heavy atom. The van der Waals surface area contributed by atoms with E-state index >= 15 is 0 Å². The third-order valence-corrected chi connectivity index (χ3v) is 2.96. The Hall–Kier alpha value is -0.0900.